The Bertz CT molecular complexity index is 1130. The fourth-order valence-electron chi connectivity index (χ4n) is 5.57. The molecule has 3 aromatic rings. The summed E-state index contributed by atoms with van der Waals surface area (Å²) < 4.78 is 15.3. The lowest BCUT2D eigenvalue weighted by Crippen LogP contribution is -2.58. The molecule has 5 rings (SSSR count). The molecule has 2 aliphatic rings. The molecule has 0 spiro atoms. The van der Waals surface area contributed by atoms with Gasteiger partial charge in [-0.2, -0.15) is 0 Å². The third-order valence-electron chi connectivity index (χ3n) is 7.49. The van der Waals surface area contributed by atoms with Gasteiger partial charge in [0.1, 0.15) is 11.6 Å². The molecule has 2 aromatic carbocycles. The maximum atomic E-state index is 14.2. The van der Waals surface area contributed by atoms with Crippen LogP contribution in [0.3, 0.4) is 0 Å². The number of piperidine rings is 1. The molecule has 2 saturated heterocycles. The van der Waals surface area contributed by atoms with Crippen LogP contribution < -0.4 is 4.90 Å². The van der Waals surface area contributed by atoms with Crippen LogP contribution in [0.5, 0.6) is 0 Å². The molecule has 0 aliphatic carbocycles. The highest BCUT2D eigenvalue weighted by molar-refractivity contribution is 9.10. The molecular weight excluding hydrogens is 529 g/mol. The van der Waals surface area contributed by atoms with Crippen LogP contribution in [0.1, 0.15) is 31.7 Å². The van der Waals surface area contributed by atoms with Gasteiger partial charge < -0.3 is 9.88 Å². The normalized spacial score (nSPS) is 20.5. The molecule has 186 valence electrons. The standard InChI is InChI=1S/C27H32BrClFN5/c1-2-22-18-34(26-6-4-19(15-24(26)28)27-31-9-10-32-27)13-14-35(22)23-7-11-33(12-8-23)17-20-3-5-21(29)16-25(20)30/h3-6,9-10,15-16,22-23H,2,7-8,11-14,17-18H2,1H3,(H,31,32)/t22-/m0/s1. The SMILES string of the molecule is CC[C@H]1CN(c2ccc(-c3ncc[nH]3)cc2Br)CCN1C1CCN(Cc2ccc(Cl)cc2F)CC1. The quantitative estimate of drug-likeness (QED) is 0.390. The average molecular weight is 561 g/mol. The van der Waals surface area contributed by atoms with Crippen LogP contribution in [0.15, 0.2) is 53.3 Å². The van der Waals surface area contributed by atoms with Crippen molar-refractivity contribution in [3.8, 4) is 11.4 Å². The van der Waals surface area contributed by atoms with Gasteiger partial charge in [0.15, 0.2) is 0 Å². The summed E-state index contributed by atoms with van der Waals surface area (Å²) in [5.41, 5.74) is 3.07. The van der Waals surface area contributed by atoms with Gasteiger partial charge in [0.05, 0.1) is 5.69 Å². The van der Waals surface area contributed by atoms with Crippen molar-refractivity contribution in [1.82, 2.24) is 19.8 Å². The summed E-state index contributed by atoms with van der Waals surface area (Å²) in [6.45, 7) is 8.09. The monoisotopic (exact) mass is 559 g/mol. The Morgan fingerprint density at radius 2 is 1.94 bits per heavy atom. The number of halogens is 3. The third-order valence-corrected chi connectivity index (χ3v) is 8.36. The predicted octanol–water partition coefficient (Wildman–Crippen LogP) is 6.20. The zero-order chi connectivity index (χ0) is 24.4. The van der Waals surface area contributed by atoms with Crippen LogP contribution in [-0.2, 0) is 6.54 Å². The van der Waals surface area contributed by atoms with Crippen molar-refractivity contribution in [2.24, 2.45) is 0 Å². The van der Waals surface area contributed by atoms with Crippen molar-refractivity contribution in [1.29, 1.82) is 0 Å². The number of rotatable bonds is 6. The van der Waals surface area contributed by atoms with Gasteiger partial charge in [0, 0.05) is 71.3 Å². The fourth-order valence-corrected chi connectivity index (χ4v) is 6.35. The number of hydrogen-bond acceptors (Lipinski definition) is 4. The maximum absolute atomic E-state index is 14.2. The van der Waals surface area contributed by atoms with Gasteiger partial charge in [0.2, 0.25) is 0 Å². The Balaban J connectivity index is 1.19. The molecular formula is C27H32BrClFN5. The van der Waals surface area contributed by atoms with Crippen LogP contribution in [0.2, 0.25) is 5.02 Å². The largest absolute Gasteiger partial charge is 0.368 e. The summed E-state index contributed by atoms with van der Waals surface area (Å²) in [4.78, 5) is 15.2. The summed E-state index contributed by atoms with van der Waals surface area (Å²) in [6.07, 6.45) is 7.03. The lowest BCUT2D eigenvalue weighted by atomic mass is 9.97. The Labute approximate surface area is 220 Å². The van der Waals surface area contributed by atoms with E-state index in [0.29, 0.717) is 23.7 Å². The molecule has 1 atom stereocenters. The molecule has 1 N–H and O–H groups in total. The number of imidazole rings is 1. The van der Waals surface area contributed by atoms with Gasteiger partial charge >= 0.3 is 0 Å². The van der Waals surface area contributed by atoms with Crippen molar-refractivity contribution in [3.05, 3.63) is 69.7 Å². The maximum Gasteiger partial charge on any atom is 0.137 e. The third kappa shape index (κ3) is 5.58. The zero-order valence-electron chi connectivity index (χ0n) is 20.1. The van der Waals surface area contributed by atoms with Gasteiger partial charge in [0.25, 0.3) is 0 Å². The number of aromatic nitrogens is 2. The second-order valence-corrected chi connectivity index (χ2v) is 10.9. The molecule has 8 heteroatoms. The number of aromatic amines is 1. The molecule has 3 heterocycles. The van der Waals surface area contributed by atoms with E-state index in [1.54, 1.807) is 12.3 Å². The first-order valence-corrected chi connectivity index (χ1v) is 13.6. The minimum Gasteiger partial charge on any atom is -0.368 e. The van der Waals surface area contributed by atoms with Crippen molar-refractivity contribution in [2.45, 2.75) is 44.8 Å². The lowest BCUT2D eigenvalue weighted by Gasteiger charge is -2.48. The minimum absolute atomic E-state index is 0.204. The Morgan fingerprint density at radius 1 is 1.11 bits per heavy atom. The van der Waals surface area contributed by atoms with E-state index in [1.165, 1.54) is 11.8 Å². The minimum atomic E-state index is -0.204. The van der Waals surface area contributed by atoms with Crippen LogP contribution in [-0.4, -0.2) is 64.6 Å². The van der Waals surface area contributed by atoms with Gasteiger partial charge in [-0.1, -0.05) is 24.6 Å². The first-order valence-electron chi connectivity index (χ1n) is 12.5. The summed E-state index contributed by atoms with van der Waals surface area (Å²) >= 11 is 9.72. The van der Waals surface area contributed by atoms with E-state index in [1.807, 2.05) is 12.3 Å². The zero-order valence-corrected chi connectivity index (χ0v) is 22.4. The average Bonchev–Trinajstić information content (AvgIpc) is 3.41. The Kier molecular flexibility index (Phi) is 7.77. The van der Waals surface area contributed by atoms with Gasteiger partial charge in [-0.05, 0) is 78.6 Å². The van der Waals surface area contributed by atoms with Gasteiger partial charge in [-0.25, -0.2) is 9.37 Å². The topological polar surface area (TPSA) is 38.4 Å². The molecule has 5 nitrogen and oxygen atoms in total. The number of piperazine rings is 1. The highest BCUT2D eigenvalue weighted by atomic mass is 79.9. The molecule has 0 amide bonds. The van der Waals surface area contributed by atoms with Crippen molar-refractivity contribution < 1.29 is 4.39 Å². The number of H-pyrrole nitrogens is 1. The highest BCUT2D eigenvalue weighted by Gasteiger charge is 2.33. The van der Waals surface area contributed by atoms with Crippen LogP contribution in [0.4, 0.5) is 10.1 Å². The van der Waals surface area contributed by atoms with E-state index in [9.17, 15) is 4.39 Å². The summed E-state index contributed by atoms with van der Waals surface area (Å²) in [5.74, 6) is 0.684. The van der Waals surface area contributed by atoms with Gasteiger partial charge in [-0.15, -0.1) is 0 Å². The number of nitrogens with one attached hydrogen (secondary N) is 1. The first kappa shape index (κ1) is 24.8. The molecule has 0 radical (unpaired) electrons. The van der Waals surface area contributed by atoms with E-state index >= 15 is 0 Å². The van der Waals surface area contributed by atoms with Crippen LogP contribution in [0, 0.1) is 5.82 Å². The van der Waals surface area contributed by atoms with E-state index in [-0.39, 0.29) is 5.82 Å². The van der Waals surface area contributed by atoms with Crippen molar-refractivity contribution in [2.75, 3.05) is 37.6 Å². The van der Waals surface area contributed by atoms with E-state index in [4.69, 9.17) is 11.6 Å². The van der Waals surface area contributed by atoms with Crippen LogP contribution in [0.25, 0.3) is 11.4 Å². The second-order valence-electron chi connectivity index (χ2n) is 9.59. The van der Waals surface area contributed by atoms with E-state index in [0.717, 1.165) is 73.4 Å². The van der Waals surface area contributed by atoms with Crippen molar-refractivity contribution >= 4 is 33.2 Å². The molecule has 0 bridgehead atoms. The lowest BCUT2D eigenvalue weighted by molar-refractivity contribution is 0.0609. The Hall–Kier alpha value is -1.93. The summed E-state index contributed by atoms with van der Waals surface area (Å²) in [6, 6.07) is 12.6. The smallest absolute Gasteiger partial charge is 0.137 e. The van der Waals surface area contributed by atoms with E-state index in [2.05, 4.69) is 65.7 Å². The molecule has 0 unspecified atom stereocenters. The second kappa shape index (κ2) is 11.0. The molecule has 2 aliphatic heterocycles. The van der Waals surface area contributed by atoms with Crippen molar-refractivity contribution in [3.63, 3.8) is 0 Å². The number of anilines is 1. The number of benzene rings is 2. The van der Waals surface area contributed by atoms with Gasteiger partial charge in [-0.3, -0.25) is 9.80 Å². The number of nitrogens with zero attached hydrogens (tertiary/aromatic N) is 4. The highest BCUT2D eigenvalue weighted by Crippen LogP contribution is 2.33. The summed E-state index contributed by atoms with van der Waals surface area (Å²) in [7, 11) is 0. The molecule has 2 fully saturated rings. The van der Waals surface area contributed by atoms with E-state index < -0.39 is 0 Å². The summed E-state index contributed by atoms with van der Waals surface area (Å²) in [5, 5.41) is 0.454. The molecule has 0 saturated carbocycles. The fraction of sp³-hybridized carbons (Fsp3) is 0.444. The van der Waals surface area contributed by atoms with Crippen LogP contribution >= 0.6 is 27.5 Å². The Morgan fingerprint density at radius 3 is 2.63 bits per heavy atom. The molecule has 1 aromatic heterocycles. The molecule has 35 heavy (non-hydrogen) atoms. The predicted molar refractivity (Wildman–Crippen MR) is 144 cm³/mol. The number of likely N-dealkylation sites (tertiary alicyclic amines) is 1. The first-order chi connectivity index (χ1) is 17.0. The number of hydrogen-bond donors (Lipinski definition) is 1.